The van der Waals surface area contributed by atoms with E-state index in [9.17, 15) is 9.59 Å². The zero-order chi connectivity index (χ0) is 24.1. The summed E-state index contributed by atoms with van der Waals surface area (Å²) in [5.74, 6) is 0.256. The Morgan fingerprint density at radius 1 is 1.23 bits per heavy atom. The van der Waals surface area contributed by atoms with Crippen LogP contribution in [0.2, 0.25) is 5.02 Å². The summed E-state index contributed by atoms with van der Waals surface area (Å²) in [6.45, 7) is 0. The predicted octanol–water partition coefficient (Wildman–Crippen LogP) is 4.12. The zero-order valence-corrected chi connectivity index (χ0v) is 20.7. The van der Waals surface area contributed by atoms with E-state index in [1.807, 2.05) is 34.7 Å². The second-order valence-corrected chi connectivity index (χ2v) is 10.3. The molecule has 6 rings (SSSR count). The molecule has 0 spiro atoms. The van der Waals surface area contributed by atoms with Crippen LogP contribution in [0.1, 0.15) is 33.7 Å². The number of aryl methyl sites for hydroxylation is 1. The first-order valence-electron chi connectivity index (χ1n) is 10.8. The Labute approximate surface area is 210 Å². The number of thiophene rings is 1. The molecule has 4 aromatic rings. The average molecular weight is 524 g/mol. The van der Waals surface area contributed by atoms with Gasteiger partial charge in [-0.2, -0.15) is 5.20 Å². The Morgan fingerprint density at radius 2 is 2.11 bits per heavy atom. The zero-order valence-electron chi connectivity index (χ0n) is 18.2. The van der Waals surface area contributed by atoms with Gasteiger partial charge in [0.1, 0.15) is 12.2 Å². The Bertz CT molecular complexity index is 1560. The van der Waals surface area contributed by atoms with Crippen LogP contribution in [0.4, 0.5) is 5.69 Å². The maximum absolute atomic E-state index is 13.3. The van der Waals surface area contributed by atoms with E-state index in [0.717, 1.165) is 46.6 Å². The second kappa shape index (κ2) is 8.73. The van der Waals surface area contributed by atoms with E-state index in [4.69, 9.17) is 17.3 Å². The lowest BCUT2D eigenvalue weighted by atomic mass is 10.0. The van der Waals surface area contributed by atoms with Gasteiger partial charge in [-0.25, -0.2) is 9.75 Å². The van der Waals surface area contributed by atoms with Gasteiger partial charge in [-0.3, -0.25) is 14.6 Å². The van der Waals surface area contributed by atoms with Crippen LogP contribution in [0, 0.1) is 0 Å². The van der Waals surface area contributed by atoms with Crippen molar-refractivity contribution < 1.29 is 4.79 Å². The number of hydrogen-bond donors (Lipinski definition) is 3. The van der Waals surface area contributed by atoms with Gasteiger partial charge in [0.15, 0.2) is 0 Å². The molecule has 9 nitrogen and oxygen atoms in total. The highest BCUT2D eigenvalue weighted by Crippen LogP contribution is 2.37. The van der Waals surface area contributed by atoms with Crippen molar-refractivity contribution in [3.05, 3.63) is 79.7 Å². The van der Waals surface area contributed by atoms with Gasteiger partial charge in [0.05, 0.1) is 37.4 Å². The van der Waals surface area contributed by atoms with Crippen LogP contribution in [-0.2, 0) is 6.42 Å². The predicted molar refractivity (Wildman–Crippen MR) is 140 cm³/mol. The van der Waals surface area contributed by atoms with E-state index in [0.29, 0.717) is 15.7 Å². The first kappa shape index (κ1) is 22.2. The lowest BCUT2D eigenvalue weighted by Crippen LogP contribution is -2.27. The number of aromatic nitrogens is 3. The van der Waals surface area contributed by atoms with Crippen LogP contribution in [0.3, 0.4) is 0 Å². The first-order chi connectivity index (χ1) is 17.0. The Morgan fingerprint density at radius 3 is 2.89 bits per heavy atom. The number of hydrazine groups is 1. The fourth-order valence-electron chi connectivity index (χ4n) is 4.54. The number of benzene rings is 1. The van der Waals surface area contributed by atoms with Gasteiger partial charge in [-0.15, -0.1) is 11.3 Å². The number of fused-ring (bicyclic) bond motifs is 1. The van der Waals surface area contributed by atoms with Crippen molar-refractivity contribution in [2.45, 2.75) is 18.9 Å². The molecule has 35 heavy (non-hydrogen) atoms. The van der Waals surface area contributed by atoms with Crippen LogP contribution < -0.4 is 21.5 Å². The number of halogens is 1. The fraction of sp³-hybridized carbons (Fsp3) is 0.130. The highest BCUT2D eigenvalue weighted by atomic mass is 35.5. The minimum absolute atomic E-state index is 0.0969. The quantitative estimate of drug-likeness (QED) is 0.340. The molecule has 0 saturated heterocycles. The third kappa shape index (κ3) is 3.98. The summed E-state index contributed by atoms with van der Waals surface area (Å²) in [5.41, 5.74) is 10.4. The van der Waals surface area contributed by atoms with Gasteiger partial charge < -0.3 is 15.3 Å². The first-order valence-corrected chi connectivity index (χ1v) is 13.0. The number of anilines is 1. The number of amides is 1. The molecule has 2 unspecified atom stereocenters. The van der Waals surface area contributed by atoms with Crippen LogP contribution in [0.15, 0.2) is 57.5 Å². The number of carbonyl (C=O) groups is 1. The second-order valence-electron chi connectivity index (χ2n) is 8.24. The maximum Gasteiger partial charge on any atom is 0.258 e. The van der Waals surface area contributed by atoms with Crippen molar-refractivity contribution in [2.75, 3.05) is 5.01 Å². The molecule has 3 aromatic heterocycles. The van der Waals surface area contributed by atoms with E-state index < -0.39 is 5.91 Å². The summed E-state index contributed by atoms with van der Waals surface area (Å²) < 4.78 is 6.04. The third-order valence-corrected chi connectivity index (χ3v) is 7.90. The van der Waals surface area contributed by atoms with Crippen molar-refractivity contribution in [2.24, 2.45) is 10.5 Å². The van der Waals surface area contributed by atoms with Gasteiger partial charge >= 0.3 is 0 Å². The monoisotopic (exact) mass is 523 g/mol. The van der Waals surface area contributed by atoms with Crippen molar-refractivity contribution >= 4 is 49.8 Å². The fourth-order valence-corrected chi connectivity index (χ4v) is 5.99. The number of hydrogen-bond acceptors (Lipinski definition) is 7. The number of nitrogens with two attached hydrogens (primary N) is 1. The van der Waals surface area contributed by atoms with Gasteiger partial charge in [0.25, 0.3) is 11.5 Å². The van der Waals surface area contributed by atoms with Crippen molar-refractivity contribution in [1.29, 1.82) is 0 Å². The van der Waals surface area contributed by atoms with Crippen LogP contribution in [0.25, 0.3) is 22.4 Å². The Balaban J connectivity index is 1.35. The number of aromatic amines is 1. The van der Waals surface area contributed by atoms with E-state index >= 15 is 0 Å². The number of nitrogens with zero attached hydrogens (tertiary/aromatic N) is 4. The molecular formula is C23H19ClN7O2PS. The topological polar surface area (TPSA) is 121 Å². The number of rotatable bonds is 5. The van der Waals surface area contributed by atoms with Crippen molar-refractivity contribution in [1.82, 2.24) is 19.7 Å². The van der Waals surface area contributed by atoms with Gasteiger partial charge in [0.2, 0.25) is 0 Å². The highest BCUT2D eigenvalue weighted by molar-refractivity contribution is 7.35. The molecule has 0 aliphatic carbocycles. The minimum Gasteiger partial charge on any atom is -0.365 e. The number of pyridine rings is 1. The molecule has 2 aliphatic rings. The summed E-state index contributed by atoms with van der Waals surface area (Å²) in [4.78, 5) is 33.1. The van der Waals surface area contributed by atoms with Crippen LogP contribution in [-0.4, -0.2) is 26.8 Å². The third-order valence-electron chi connectivity index (χ3n) is 6.14. The number of primary amides is 1. The number of imidazole rings is 1. The standard InChI is InChI=1S/C23H19ClN7O2PS/c24-14-1-3-18(30-11-27-34-29-30)16(8-14)12-5-15-2-4-19(31(15)21(32)7-12)23-26-9-17(28-23)13-6-20(22(25)33)35-10-13/h1,3,5-11,19,29,34H,2,4H2,(H2,25,33)(H,26,28). The molecule has 12 heteroatoms. The van der Waals surface area contributed by atoms with E-state index in [1.165, 1.54) is 11.3 Å². The lowest BCUT2D eigenvalue weighted by molar-refractivity contribution is 0.100. The maximum atomic E-state index is 13.3. The molecule has 2 aliphatic heterocycles. The molecule has 0 bridgehead atoms. The molecule has 4 N–H and O–H groups in total. The van der Waals surface area contributed by atoms with E-state index in [2.05, 4.69) is 19.9 Å². The molecule has 2 atom stereocenters. The summed E-state index contributed by atoms with van der Waals surface area (Å²) in [6, 6.07) is 10.9. The number of H-pyrrole nitrogens is 1. The molecule has 0 radical (unpaired) electrons. The lowest BCUT2D eigenvalue weighted by Gasteiger charge is -2.19. The summed E-state index contributed by atoms with van der Waals surface area (Å²) in [6.07, 6.45) is 4.96. The summed E-state index contributed by atoms with van der Waals surface area (Å²) in [5, 5.41) is 7.50. The van der Waals surface area contributed by atoms with E-state index in [-0.39, 0.29) is 20.5 Å². The SMILES string of the molecule is NC(=O)c1cc(-c2cnc(C3CCc4cc(-c5cc(Cl)ccc5N5C=NPN5)cc(=O)n43)[nH]2)cs1. The molecule has 5 heterocycles. The van der Waals surface area contributed by atoms with Gasteiger partial charge in [-0.1, -0.05) is 11.6 Å². The normalized spacial score (nSPS) is 17.4. The van der Waals surface area contributed by atoms with Crippen molar-refractivity contribution in [3.8, 4) is 22.4 Å². The molecular weight excluding hydrogens is 505 g/mol. The largest absolute Gasteiger partial charge is 0.365 e. The molecule has 1 aromatic carbocycles. The van der Waals surface area contributed by atoms with Crippen LogP contribution >= 0.6 is 31.8 Å². The van der Waals surface area contributed by atoms with Gasteiger partial charge in [-0.05, 0) is 48.7 Å². The smallest absolute Gasteiger partial charge is 0.258 e. The van der Waals surface area contributed by atoms with Crippen molar-refractivity contribution in [3.63, 3.8) is 0 Å². The Kier molecular flexibility index (Phi) is 5.53. The summed E-state index contributed by atoms with van der Waals surface area (Å²) >= 11 is 7.61. The molecule has 176 valence electrons. The minimum atomic E-state index is -0.455. The number of carbonyl (C=O) groups excluding carboxylic acids is 1. The molecule has 1 amide bonds. The molecule has 0 saturated carbocycles. The Hall–Kier alpha value is -3.30. The summed E-state index contributed by atoms with van der Waals surface area (Å²) in [7, 11) is 0.255. The number of nitrogens with one attached hydrogen (secondary N) is 2. The average Bonchev–Trinajstić information content (AvgIpc) is 3.64. The molecule has 0 fully saturated rings. The van der Waals surface area contributed by atoms with Gasteiger partial charge in [0, 0.05) is 33.3 Å². The highest BCUT2D eigenvalue weighted by Gasteiger charge is 2.28. The van der Waals surface area contributed by atoms with E-state index in [1.54, 1.807) is 29.2 Å². The van der Waals surface area contributed by atoms with Crippen LogP contribution in [0.5, 0.6) is 0 Å².